The molecule has 0 saturated carbocycles. The predicted molar refractivity (Wildman–Crippen MR) is 71.5 cm³/mol. The second-order valence-electron chi connectivity index (χ2n) is 4.01. The third kappa shape index (κ3) is 3.12. The van der Waals surface area contributed by atoms with Crippen LogP contribution in [0.5, 0.6) is 0 Å². The monoisotopic (exact) mass is 250 g/mol. The van der Waals surface area contributed by atoms with Crippen LogP contribution in [0.15, 0.2) is 18.3 Å². The maximum absolute atomic E-state index is 8.55. The Morgan fingerprint density at radius 3 is 3.11 bits per heavy atom. The summed E-state index contributed by atoms with van der Waals surface area (Å²) in [6, 6.07) is 3.84. The Balaban J connectivity index is 1.85. The summed E-state index contributed by atoms with van der Waals surface area (Å²) in [7, 11) is 0. The zero-order valence-electron chi connectivity index (χ0n) is 10.1. The van der Waals surface area contributed by atoms with Crippen molar-refractivity contribution in [2.45, 2.75) is 6.42 Å². The Labute approximate surface area is 105 Å². The van der Waals surface area contributed by atoms with Gasteiger partial charge < -0.3 is 20.9 Å². The summed E-state index contributed by atoms with van der Waals surface area (Å²) in [5.74, 6) is 0. The number of ether oxygens (including phenoxy) is 1. The maximum Gasteiger partial charge on any atom is 0.0697 e. The summed E-state index contributed by atoms with van der Waals surface area (Å²) in [6.07, 6.45) is 2.61. The van der Waals surface area contributed by atoms with Gasteiger partial charge in [0, 0.05) is 18.5 Å². The van der Waals surface area contributed by atoms with E-state index in [-0.39, 0.29) is 6.61 Å². The molecule has 0 bridgehead atoms. The molecule has 6 nitrogen and oxygen atoms in total. The first-order valence-corrected chi connectivity index (χ1v) is 5.96. The Hall–Kier alpha value is -1.79. The molecule has 2 aromatic rings. The molecule has 0 aliphatic rings. The number of hydrogen-bond acceptors (Lipinski definition) is 5. The smallest absolute Gasteiger partial charge is 0.0697 e. The Kier molecular flexibility index (Phi) is 4.38. The highest BCUT2D eigenvalue weighted by molar-refractivity contribution is 5.88. The average Bonchev–Trinajstić information content (AvgIpc) is 2.80. The maximum atomic E-state index is 8.55. The first-order chi connectivity index (χ1) is 8.81. The number of aliphatic hydroxyl groups excluding tert-OH is 1. The van der Waals surface area contributed by atoms with E-state index in [1.165, 1.54) is 0 Å². The van der Waals surface area contributed by atoms with Crippen LogP contribution < -0.4 is 11.1 Å². The summed E-state index contributed by atoms with van der Waals surface area (Å²) in [4.78, 5) is 0. The standard InChI is InChI=1S/C12H18N4O2/c13-10-6-9-8-15-16-11(9)7-12(10)14-2-1-4-18-5-3-17/h6-8,14,17H,1-5,13H2,(H,15,16). The van der Waals surface area contributed by atoms with E-state index >= 15 is 0 Å². The van der Waals surface area contributed by atoms with Crippen molar-refractivity contribution < 1.29 is 9.84 Å². The number of nitrogens with one attached hydrogen (secondary N) is 2. The number of aromatic amines is 1. The highest BCUT2D eigenvalue weighted by Gasteiger charge is 2.02. The van der Waals surface area contributed by atoms with Crippen molar-refractivity contribution in [3.8, 4) is 0 Å². The largest absolute Gasteiger partial charge is 0.397 e. The Bertz CT molecular complexity index is 498. The number of hydrogen-bond donors (Lipinski definition) is 4. The van der Waals surface area contributed by atoms with Gasteiger partial charge in [0.15, 0.2) is 0 Å². The van der Waals surface area contributed by atoms with Gasteiger partial charge in [0.05, 0.1) is 36.3 Å². The molecular weight excluding hydrogens is 232 g/mol. The first kappa shape index (κ1) is 12.7. The minimum Gasteiger partial charge on any atom is -0.397 e. The predicted octanol–water partition coefficient (Wildman–Crippen LogP) is 0.956. The van der Waals surface area contributed by atoms with Crippen LogP contribution in [0.4, 0.5) is 11.4 Å². The van der Waals surface area contributed by atoms with Crippen molar-refractivity contribution in [2.75, 3.05) is 37.4 Å². The fourth-order valence-electron chi connectivity index (χ4n) is 1.73. The number of nitrogen functional groups attached to an aromatic ring is 1. The molecule has 1 aromatic carbocycles. The molecule has 5 N–H and O–H groups in total. The summed E-state index contributed by atoms with van der Waals surface area (Å²) in [6.45, 7) is 1.86. The second kappa shape index (κ2) is 6.23. The minimum atomic E-state index is 0.0663. The van der Waals surface area contributed by atoms with Crippen molar-refractivity contribution in [1.82, 2.24) is 10.2 Å². The van der Waals surface area contributed by atoms with Crippen molar-refractivity contribution in [3.05, 3.63) is 18.3 Å². The van der Waals surface area contributed by atoms with Gasteiger partial charge in [0.2, 0.25) is 0 Å². The molecule has 18 heavy (non-hydrogen) atoms. The number of aliphatic hydroxyl groups is 1. The van der Waals surface area contributed by atoms with Gasteiger partial charge in [-0.3, -0.25) is 5.10 Å². The third-order valence-corrected chi connectivity index (χ3v) is 2.63. The van der Waals surface area contributed by atoms with Crippen molar-refractivity contribution in [2.24, 2.45) is 0 Å². The van der Waals surface area contributed by atoms with Gasteiger partial charge in [0.25, 0.3) is 0 Å². The van der Waals surface area contributed by atoms with E-state index in [4.69, 9.17) is 15.6 Å². The summed E-state index contributed by atoms with van der Waals surface area (Å²) >= 11 is 0. The normalized spacial score (nSPS) is 10.9. The van der Waals surface area contributed by atoms with Gasteiger partial charge in [-0.1, -0.05) is 0 Å². The quantitative estimate of drug-likeness (QED) is 0.433. The molecule has 1 aromatic heterocycles. The van der Waals surface area contributed by atoms with E-state index in [0.29, 0.717) is 18.9 Å². The van der Waals surface area contributed by atoms with Crippen LogP contribution in [-0.4, -0.2) is 41.7 Å². The van der Waals surface area contributed by atoms with Crippen LogP contribution in [-0.2, 0) is 4.74 Å². The lowest BCUT2D eigenvalue weighted by atomic mass is 10.2. The van der Waals surface area contributed by atoms with Gasteiger partial charge in [-0.25, -0.2) is 0 Å². The fourth-order valence-corrected chi connectivity index (χ4v) is 1.73. The molecule has 0 aliphatic heterocycles. The molecule has 0 radical (unpaired) electrons. The third-order valence-electron chi connectivity index (χ3n) is 2.63. The molecule has 0 atom stereocenters. The van der Waals surface area contributed by atoms with Gasteiger partial charge in [-0.2, -0.15) is 5.10 Å². The van der Waals surface area contributed by atoms with Gasteiger partial charge >= 0.3 is 0 Å². The molecule has 0 aliphatic carbocycles. The average molecular weight is 250 g/mol. The molecule has 98 valence electrons. The van der Waals surface area contributed by atoms with E-state index in [9.17, 15) is 0 Å². The van der Waals surface area contributed by atoms with E-state index in [1.54, 1.807) is 6.20 Å². The number of fused-ring (bicyclic) bond motifs is 1. The number of nitrogens with zero attached hydrogens (tertiary/aromatic N) is 1. The first-order valence-electron chi connectivity index (χ1n) is 5.96. The fraction of sp³-hybridized carbons (Fsp3) is 0.417. The minimum absolute atomic E-state index is 0.0663. The van der Waals surface area contributed by atoms with Gasteiger partial charge in [-0.15, -0.1) is 0 Å². The number of anilines is 2. The number of H-pyrrole nitrogens is 1. The van der Waals surface area contributed by atoms with Gasteiger partial charge in [-0.05, 0) is 18.6 Å². The second-order valence-corrected chi connectivity index (χ2v) is 4.01. The summed E-state index contributed by atoms with van der Waals surface area (Å²) < 4.78 is 5.17. The molecule has 0 spiro atoms. The van der Waals surface area contributed by atoms with Crippen LogP contribution in [0.1, 0.15) is 6.42 Å². The number of benzene rings is 1. The van der Waals surface area contributed by atoms with Crippen LogP contribution in [0, 0.1) is 0 Å². The van der Waals surface area contributed by atoms with Crippen LogP contribution >= 0.6 is 0 Å². The zero-order valence-corrected chi connectivity index (χ0v) is 10.1. The summed E-state index contributed by atoms with van der Waals surface area (Å²) in [5.41, 5.74) is 8.51. The summed E-state index contributed by atoms with van der Waals surface area (Å²) in [5, 5.41) is 19.7. The molecule has 0 unspecified atom stereocenters. The molecule has 2 rings (SSSR count). The van der Waals surface area contributed by atoms with E-state index in [1.807, 2.05) is 12.1 Å². The zero-order chi connectivity index (χ0) is 12.8. The van der Waals surface area contributed by atoms with Crippen LogP contribution in [0.3, 0.4) is 0 Å². The van der Waals surface area contributed by atoms with Crippen LogP contribution in [0.2, 0.25) is 0 Å². The number of aromatic nitrogens is 2. The molecule has 0 amide bonds. The van der Waals surface area contributed by atoms with E-state index < -0.39 is 0 Å². The SMILES string of the molecule is Nc1cc2cn[nH]c2cc1NCCCOCCO. The lowest BCUT2D eigenvalue weighted by molar-refractivity contribution is 0.0922. The molecular formula is C12H18N4O2. The highest BCUT2D eigenvalue weighted by Crippen LogP contribution is 2.24. The van der Waals surface area contributed by atoms with E-state index in [2.05, 4.69) is 15.5 Å². The van der Waals surface area contributed by atoms with Crippen molar-refractivity contribution in [3.63, 3.8) is 0 Å². The van der Waals surface area contributed by atoms with Crippen LogP contribution in [0.25, 0.3) is 10.9 Å². The molecule has 6 heteroatoms. The Morgan fingerprint density at radius 1 is 1.39 bits per heavy atom. The van der Waals surface area contributed by atoms with Crippen molar-refractivity contribution in [1.29, 1.82) is 0 Å². The number of nitrogens with two attached hydrogens (primary N) is 1. The topological polar surface area (TPSA) is 96.2 Å². The lowest BCUT2D eigenvalue weighted by Crippen LogP contribution is -2.08. The molecule has 0 saturated heterocycles. The highest BCUT2D eigenvalue weighted by atomic mass is 16.5. The van der Waals surface area contributed by atoms with Gasteiger partial charge in [0.1, 0.15) is 0 Å². The molecule has 1 heterocycles. The Morgan fingerprint density at radius 2 is 2.28 bits per heavy atom. The van der Waals surface area contributed by atoms with Crippen molar-refractivity contribution >= 4 is 22.3 Å². The lowest BCUT2D eigenvalue weighted by Gasteiger charge is -2.09. The molecule has 0 fully saturated rings. The van der Waals surface area contributed by atoms with E-state index in [0.717, 1.165) is 29.6 Å². The number of rotatable bonds is 7.